The lowest BCUT2D eigenvalue weighted by Crippen LogP contribution is -2.20. The fourth-order valence-corrected chi connectivity index (χ4v) is 3.14. The zero-order valence-corrected chi connectivity index (χ0v) is 15.3. The highest BCUT2D eigenvalue weighted by molar-refractivity contribution is 6.36. The van der Waals surface area contributed by atoms with Crippen LogP contribution in [0.1, 0.15) is 19.8 Å². The zero-order valence-electron chi connectivity index (χ0n) is 13.8. The van der Waals surface area contributed by atoms with Crippen LogP contribution in [-0.4, -0.2) is 23.6 Å². The molecule has 3 nitrogen and oxygen atoms in total. The molecule has 0 aliphatic heterocycles. The van der Waals surface area contributed by atoms with Gasteiger partial charge in [-0.25, -0.2) is 9.97 Å². The third kappa shape index (κ3) is 3.47. The lowest BCUT2D eigenvalue weighted by molar-refractivity contribution is 0.761. The topological polar surface area (TPSA) is 29.0 Å². The summed E-state index contributed by atoms with van der Waals surface area (Å²) in [4.78, 5) is 11.7. The predicted molar refractivity (Wildman–Crippen MR) is 103 cm³/mol. The van der Waals surface area contributed by atoms with Crippen molar-refractivity contribution in [1.29, 1.82) is 0 Å². The minimum Gasteiger partial charge on any atom is -0.359 e. The molecule has 3 rings (SSSR count). The molecule has 5 heteroatoms. The van der Waals surface area contributed by atoms with Gasteiger partial charge in [0.1, 0.15) is 5.82 Å². The molecule has 0 atom stereocenters. The van der Waals surface area contributed by atoms with Crippen molar-refractivity contribution in [2.24, 2.45) is 0 Å². The quantitative estimate of drug-likeness (QED) is 0.572. The number of hydrogen-bond donors (Lipinski definition) is 0. The number of hydrogen-bond acceptors (Lipinski definition) is 3. The van der Waals surface area contributed by atoms with Crippen LogP contribution in [0.25, 0.3) is 22.3 Å². The molecule has 1 aromatic heterocycles. The molecule has 0 radical (unpaired) electrons. The Morgan fingerprint density at radius 1 is 1.04 bits per heavy atom. The van der Waals surface area contributed by atoms with Gasteiger partial charge < -0.3 is 4.90 Å². The van der Waals surface area contributed by atoms with Gasteiger partial charge in [-0.15, -0.1) is 0 Å². The molecule has 0 N–H and O–H groups in total. The zero-order chi connectivity index (χ0) is 17.1. The molecule has 2 aromatic carbocycles. The first-order valence-electron chi connectivity index (χ1n) is 8.03. The Balaban J connectivity index is 2.16. The third-order valence-electron chi connectivity index (χ3n) is 3.96. The van der Waals surface area contributed by atoms with Gasteiger partial charge >= 0.3 is 0 Å². The van der Waals surface area contributed by atoms with E-state index < -0.39 is 0 Å². The molecule has 124 valence electrons. The Labute approximate surface area is 152 Å². The summed E-state index contributed by atoms with van der Waals surface area (Å²) in [6, 6.07) is 13.4. The van der Waals surface area contributed by atoms with E-state index in [9.17, 15) is 0 Å². The molecule has 0 bridgehead atoms. The van der Waals surface area contributed by atoms with Gasteiger partial charge in [-0.1, -0.05) is 48.7 Å². The van der Waals surface area contributed by atoms with E-state index in [0.29, 0.717) is 15.9 Å². The number of aromatic nitrogens is 2. The Kier molecular flexibility index (Phi) is 5.22. The van der Waals surface area contributed by atoms with Crippen molar-refractivity contribution in [1.82, 2.24) is 9.97 Å². The smallest absolute Gasteiger partial charge is 0.163 e. The lowest BCUT2D eigenvalue weighted by atomic mass is 10.1. The summed E-state index contributed by atoms with van der Waals surface area (Å²) in [5, 5.41) is 2.20. The molecular weight excluding hydrogens is 341 g/mol. The fraction of sp³-hybridized carbons (Fsp3) is 0.263. The van der Waals surface area contributed by atoms with Gasteiger partial charge in [0.15, 0.2) is 5.82 Å². The van der Waals surface area contributed by atoms with Crippen LogP contribution in [0.4, 0.5) is 5.82 Å². The molecule has 0 saturated heterocycles. The normalized spacial score (nSPS) is 11.0. The van der Waals surface area contributed by atoms with Crippen LogP contribution < -0.4 is 4.90 Å². The van der Waals surface area contributed by atoms with Crippen LogP contribution >= 0.6 is 23.2 Å². The maximum absolute atomic E-state index is 6.35. The van der Waals surface area contributed by atoms with Crippen molar-refractivity contribution < 1.29 is 0 Å². The van der Waals surface area contributed by atoms with E-state index >= 15 is 0 Å². The molecule has 0 amide bonds. The number of unbranched alkanes of at least 4 members (excludes halogenated alkanes) is 1. The van der Waals surface area contributed by atoms with Gasteiger partial charge in [-0.3, -0.25) is 0 Å². The number of fused-ring (bicyclic) bond motifs is 1. The number of anilines is 1. The summed E-state index contributed by atoms with van der Waals surface area (Å²) in [6.07, 6.45) is 2.26. The second kappa shape index (κ2) is 7.37. The van der Waals surface area contributed by atoms with Crippen LogP contribution in [0.5, 0.6) is 0 Å². The van der Waals surface area contributed by atoms with E-state index in [1.54, 1.807) is 6.07 Å². The van der Waals surface area contributed by atoms with Crippen molar-refractivity contribution >= 4 is 39.9 Å². The van der Waals surface area contributed by atoms with Gasteiger partial charge in [-0.05, 0) is 36.8 Å². The monoisotopic (exact) mass is 359 g/mol. The Morgan fingerprint density at radius 3 is 2.58 bits per heavy atom. The maximum atomic E-state index is 6.35. The number of benzene rings is 2. The van der Waals surface area contributed by atoms with Crippen LogP contribution in [0.3, 0.4) is 0 Å². The van der Waals surface area contributed by atoms with Crippen molar-refractivity contribution in [2.75, 3.05) is 18.5 Å². The summed E-state index contributed by atoms with van der Waals surface area (Å²) in [6.45, 7) is 3.14. The van der Waals surface area contributed by atoms with E-state index in [4.69, 9.17) is 33.2 Å². The van der Waals surface area contributed by atoms with Crippen molar-refractivity contribution in [3.63, 3.8) is 0 Å². The van der Waals surface area contributed by atoms with Gasteiger partial charge in [0, 0.05) is 29.6 Å². The van der Waals surface area contributed by atoms with Crippen molar-refractivity contribution in [3.05, 3.63) is 52.5 Å². The van der Waals surface area contributed by atoms with Gasteiger partial charge in [0.25, 0.3) is 0 Å². The molecule has 0 aliphatic carbocycles. The van der Waals surface area contributed by atoms with Crippen molar-refractivity contribution in [2.45, 2.75) is 19.8 Å². The summed E-state index contributed by atoms with van der Waals surface area (Å²) in [5.41, 5.74) is 1.70. The van der Waals surface area contributed by atoms with Crippen molar-refractivity contribution in [3.8, 4) is 11.4 Å². The summed E-state index contributed by atoms with van der Waals surface area (Å²) in [7, 11) is 2.07. The van der Waals surface area contributed by atoms with Gasteiger partial charge in [0.05, 0.1) is 10.5 Å². The molecule has 1 heterocycles. The van der Waals surface area contributed by atoms with Crippen LogP contribution in [0.2, 0.25) is 10.0 Å². The third-order valence-corrected chi connectivity index (χ3v) is 4.51. The molecule has 0 fully saturated rings. The molecule has 0 unspecified atom stereocenters. The van der Waals surface area contributed by atoms with Gasteiger partial charge in [-0.2, -0.15) is 0 Å². The summed E-state index contributed by atoms with van der Waals surface area (Å²) >= 11 is 12.4. The number of rotatable bonds is 5. The summed E-state index contributed by atoms with van der Waals surface area (Å²) in [5.74, 6) is 1.55. The molecule has 0 saturated carbocycles. The number of para-hydroxylation sites is 1. The lowest BCUT2D eigenvalue weighted by Gasteiger charge is -2.20. The first-order valence-corrected chi connectivity index (χ1v) is 8.79. The first-order chi connectivity index (χ1) is 11.6. The Morgan fingerprint density at radius 2 is 1.83 bits per heavy atom. The van der Waals surface area contributed by atoms with Crippen LogP contribution in [-0.2, 0) is 0 Å². The average molecular weight is 360 g/mol. The minimum atomic E-state index is 0.556. The van der Waals surface area contributed by atoms with E-state index in [0.717, 1.165) is 41.7 Å². The first kappa shape index (κ1) is 17.0. The summed E-state index contributed by atoms with van der Waals surface area (Å²) < 4.78 is 0. The predicted octanol–water partition coefficient (Wildman–Crippen LogP) is 5.84. The largest absolute Gasteiger partial charge is 0.359 e. The highest BCUT2D eigenvalue weighted by Crippen LogP contribution is 2.32. The van der Waals surface area contributed by atoms with E-state index in [2.05, 4.69) is 24.9 Å². The molecule has 24 heavy (non-hydrogen) atoms. The highest BCUT2D eigenvalue weighted by atomic mass is 35.5. The van der Waals surface area contributed by atoms with Gasteiger partial charge in [0.2, 0.25) is 0 Å². The Hall–Kier alpha value is -1.84. The SMILES string of the molecule is CCCCN(C)c1nc(-c2ccc(Cl)cc2Cl)nc2ccccc12. The molecule has 0 aliphatic rings. The van der Waals surface area contributed by atoms with E-state index in [-0.39, 0.29) is 0 Å². The molecule has 0 spiro atoms. The van der Waals surface area contributed by atoms with Crippen LogP contribution in [0.15, 0.2) is 42.5 Å². The number of nitrogens with zero attached hydrogens (tertiary/aromatic N) is 3. The average Bonchev–Trinajstić information content (AvgIpc) is 2.58. The van der Waals surface area contributed by atoms with E-state index in [1.807, 2.05) is 30.3 Å². The minimum absolute atomic E-state index is 0.556. The maximum Gasteiger partial charge on any atom is 0.163 e. The second-order valence-corrected chi connectivity index (χ2v) is 6.63. The molecule has 3 aromatic rings. The Bertz CT molecular complexity index is 864. The van der Waals surface area contributed by atoms with E-state index in [1.165, 1.54) is 0 Å². The standard InChI is InChI=1S/C19H19Cl2N3/c1-3-4-11-24(2)19-15-7-5-6-8-17(15)22-18(23-19)14-10-9-13(20)12-16(14)21/h5-10,12H,3-4,11H2,1-2H3. The molecular formula is C19H19Cl2N3. The highest BCUT2D eigenvalue weighted by Gasteiger charge is 2.14. The second-order valence-electron chi connectivity index (χ2n) is 5.79. The van der Waals surface area contributed by atoms with Crippen LogP contribution in [0, 0.1) is 0 Å². The fourth-order valence-electron chi connectivity index (χ4n) is 2.64. The number of halogens is 2.